The second kappa shape index (κ2) is 5.36. The molecule has 0 saturated heterocycles. The fourth-order valence-corrected chi connectivity index (χ4v) is 1.81. The van der Waals surface area contributed by atoms with E-state index in [-0.39, 0.29) is 0 Å². The molecule has 0 bridgehead atoms. The van der Waals surface area contributed by atoms with Crippen molar-refractivity contribution in [3.63, 3.8) is 0 Å². The van der Waals surface area contributed by atoms with Gasteiger partial charge in [0.1, 0.15) is 5.75 Å². The van der Waals surface area contributed by atoms with Gasteiger partial charge in [0.25, 0.3) is 0 Å². The first-order chi connectivity index (χ1) is 8.76. The Bertz CT molecular complexity index is 537. The number of aldehydes is 1. The molecule has 92 valence electrons. The summed E-state index contributed by atoms with van der Waals surface area (Å²) in [6.45, 7) is 0. The van der Waals surface area contributed by atoms with E-state index >= 15 is 0 Å². The van der Waals surface area contributed by atoms with E-state index in [9.17, 15) is 4.79 Å². The molecule has 0 saturated carbocycles. The van der Waals surface area contributed by atoms with Crippen molar-refractivity contribution in [3.8, 4) is 5.75 Å². The van der Waals surface area contributed by atoms with Gasteiger partial charge in [-0.05, 0) is 24.3 Å². The Balaban J connectivity index is 2.37. The topological polar surface area (TPSA) is 29.5 Å². The molecule has 0 aliphatic heterocycles. The third-order valence-corrected chi connectivity index (χ3v) is 2.87. The van der Waals surface area contributed by atoms with Crippen LogP contribution in [0.2, 0.25) is 0 Å². The summed E-state index contributed by atoms with van der Waals surface area (Å²) in [4.78, 5) is 12.9. The lowest BCUT2D eigenvalue weighted by Crippen LogP contribution is -2.09. The molecule has 0 atom stereocenters. The van der Waals surface area contributed by atoms with Gasteiger partial charge in [-0.25, -0.2) is 0 Å². The zero-order valence-corrected chi connectivity index (χ0v) is 10.5. The van der Waals surface area contributed by atoms with E-state index in [0.717, 1.165) is 17.7 Å². The molecule has 0 fully saturated rings. The molecule has 3 nitrogen and oxygen atoms in total. The second-order valence-electron chi connectivity index (χ2n) is 3.94. The number of anilines is 2. The minimum atomic E-state index is 0.558. The van der Waals surface area contributed by atoms with Gasteiger partial charge in [0.05, 0.1) is 12.7 Å². The lowest BCUT2D eigenvalue weighted by molar-refractivity contribution is 0.112. The predicted octanol–water partition coefficient (Wildman–Crippen LogP) is 3.28. The van der Waals surface area contributed by atoms with Crippen LogP contribution in [0.5, 0.6) is 5.75 Å². The SMILES string of the molecule is COc1cc(N(C)c2ccccc2)ccc1C=O. The van der Waals surface area contributed by atoms with E-state index in [4.69, 9.17) is 4.74 Å². The van der Waals surface area contributed by atoms with Crippen molar-refractivity contribution in [1.29, 1.82) is 0 Å². The van der Waals surface area contributed by atoms with Gasteiger partial charge < -0.3 is 9.64 Å². The molecule has 2 aromatic rings. The summed E-state index contributed by atoms with van der Waals surface area (Å²) in [5.41, 5.74) is 2.62. The van der Waals surface area contributed by atoms with Crippen molar-refractivity contribution in [1.82, 2.24) is 0 Å². The Morgan fingerprint density at radius 1 is 1.06 bits per heavy atom. The molecular weight excluding hydrogens is 226 g/mol. The van der Waals surface area contributed by atoms with Crippen LogP contribution in [0.25, 0.3) is 0 Å². The summed E-state index contributed by atoms with van der Waals surface area (Å²) in [5, 5.41) is 0. The zero-order valence-electron chi connectivity index (χ0n) is 10.5. The Hall–Kier alpha value is -2.29. The van der Waals surface area contributed by atoms with Crippen LogP contribution in [0.1, 0.15) is 10.4 Å². The van der Waals surface area contributed by atoms with Crippen molar-refractivity contribution in [2.75, 3.05) is 19.1 Å². The number of rotatable bonds is 4. The summed E-state index contributed by atoms with van der Waals surface area (Å²) in [6.07, 6.45) is 0.797. The van der Waals surface area contributed by atoms with Crippen molar-refractivity contribution < 1.29 is 9.53 Å². The monoisotopic (exact) mass is 241 g/mol. The van der Waals surface area contributed by atoms with Gasteiger partial charge >= 0.3 is 0 Å². The third kappa shape index (κ3) is 2.35. The molecule has 0 amide bonds. The Morgan fingerprint density at radius 3 is 2.39 bits per heavy atom. The number of para-hydroxylation sites is 1. The predicted molar refractivity (Wildman–Crippen MR) is 72.9 cm³/mol. The fourth-order valence-electron chi connectivity index (χ4n) is 1.81. The second-order valence-corrected chi connectivity index (χ2v) is 3.94. The van der Waals surface area contributed by atoms with Crippen molar-refractivity contribution in [2.24, 2.45) is 0 Å². The lowest BCUT2D eigenvalue weighted by atomic mass is 10.1. The van der Waals surface area contributed by atoms with Gasteiger partial charge in [0.15, 0.2) is 6.29 Å². The molecule has 0 unspecified atom stereocenters. The molecule has 0 aromatic heterocycles. The van der Waals surface area contributed by atoms with Gasteiger partial charge in [-0.3, -0.25) is 4.79 Å². The van der Waals surface area contributed by atoms with Crippen LogP contribution < -0.4 is 9.64 Å². The maximum atomic E-state index is 10.8. The zero-order chi connectivity index (χ0) is 13.0. The molecule has 0 spiro atoms. The van der Waals surface area contributed by atoms with Crippen molar-refractivity contribution >= 4 is 17.7 Å². The number of benzene rings is 2. The molecule has 0 aliphatic carbocycles. The number of carbonyl (C=O) groups excluding carboxylic acids is 1. The quantitative estimate of drug-likeness (QED) is 0.769. The Morgan fingerprint density at radius 2 is 1.78 bits per heavy atom. The molecule has 18 heavy (non-hydrogen) atoms. The number of carbonyl (C=O) groups is 1. The van der Waals surface area contributed by atoms with Crippen molar-refractivity contribution in [3.05, 3.63) is 54.1 Å². The largest absolute Gasteiger partial charge is 0.496 e. The number of nitrogens with zero attached hydrogens (tertiary/aromatic N) is 1. The Labute approximate surface area is 107 Å². The summed E-state index contributed by atoms with van der Waals surface area (Å²) in [5.74, 6) is 0.588. The first-order valence-electron chi connectivity index (χ1n) is 5.68. The Kier molecular flexibility index (Phi) is 3.63. The highest BCUT2D eigenvalue weighted by Gasteiger charge is 2.07. The van der Waals surface area contributed by atoms with Gasteiger partial charge in [0.2, 0.25) is 0 Å². The van der Waals surface area contributed by atoms with E-state index in [1.54, 1.807) is 13.2 Å². The van der Waals surface area contributed by atoms with Gasteiger partial charge in [0, 0.05) is 24.5 Å². The van der Waals surface area contributed by atoms with E-state index in [0.29, 0.717) is 11.3 Å². The number of hydrogen-bond acceptors (Lipinski definition) is 3. The van der Waals surface area contributed by atoms with Crippen molar-refractivity contribution in [2.45, 2.75) is 0 Å². The maximum absolute atomic E-state index is 10.8. The van der Waals surface area contributed by atoms with Gasteiger partial charge in [-0.15, -0.1) is 0 Å². The summed E-state index contributed by atoms with van der Waals surface area (Å²) >= 11 is 0. The van der Waals surface area contributed by atoms with Crippen LogP contribution in [0.3, 0.4) is 0 Å². The fraction of sp³-hybridized carbons (Fsp3) is 0.133. The number of methoxy groups -OCH3 is 1. The first-order valence-corrected chi connectivity index (χ1v) is 5.68. The molecule has 2 rings (SSSR count). The van der Waals surface area contributed by atoms with Crippen LogP contribution in [-0.2, 0) is 0 Å². The molecule has 0 heterocycles. The van der Waals surface area contributed by atoms with E-state index < -0.39 is 0 Å². The van der Waals surface area contributed by atoms with Crippen LogP contribution in [-0.4, -0.2) is 20.4 Å². The highest BCUT2D eigenvalue weighted by Crippen LogP contribution is 2.28. The van der Waals surface area contributed by atoms with Crippen LogP contribution in [0.4, 0.5) is 11.4 Å². The van der Waals surface area contributed by atoms with E-state index in [1.165, 1.54) is 0 Å². The average Bonchev–Trinajstić information content (AvgIpc) is 2.46. The molecular formula is C15H15NO2. The van der Waals surface area contributed by atoms with E-state index in [1.807, 2.05) is 54.4 Å². The normalized spacial score (nSPS) is 9.89. The highest BCUT2D eigenvalue weighted by molar-refractivity contribution is 5.81. The van der Waals surface area contributed by atoms with Crippen LogP contribution in [0, 0.1) is 0 Å². The molecule has 0 aliphatic rings. The van der Waals surface area contributed by atoms with E-state index in [2.05, 4.69) is 0 Å². The average molecular weight is 241 g/mol. The minimum Gasteiger partial charge on any atom is -0.496 e. The smallest absolute Gasteiger partial charge is 0.153 e. The standard InChI is InChI=1S/C15H15NO2/c1-16(13-6-4-3-5-7-13)14-9-8-12(11-17)15(10-14)18-2/h3-11H,1-2H3. The molecule has 0 N–H and O–H groups in total. The summed E-state index contributed by atoms with van der Waals surface area (Å²) in [6, 6.07) is 15.5. The van der Waals surface area contributed by atoms with Gasteiger partial charge in [-0.2, -0.15) is 0 Å². The molecule has 3 heteroatoms. The summed E-state index contributed by atoms with van der Waals surface area (Å²) in [7, 11) is 3.54. The van der Waals surface area contributed by atoms with Crippen LogP contribution >= 0.6 is 0 Å². The first kappa shape index (κ1) is 12.2. The highest BCUT2D eigenvalue weighted by atomic mass is 16.5. The van der Waals surface area contributed by atoms with Gasteiger partial charge in [-0.1, -0.05) is 18.2 Å². The number of hydrogen-bond donors (Lipinski definition) is 0. The third-order valence-electron chi connectivity index (χ3n) is 2.87. The maximum Gasteiger partial charge on any atom is 0.153 e. The lowest BCUT2D eigenvalue weighted by Gasteiger charge is -2.20. The van der Waals surface area contributed by atoms with Crippen LogP contribution in [0.15, 0.2) is 48.5 Å². The number of ether oxygens (including phenoxy) is 1. The molecule has 2 aromatic carbocycles. The summed E-state index contributed by atoms with van der Waals surface area (Å²) < 4.78 is 5.20. The minimum absolute atomic E-state index is 0.558. The molecule has 0 radical (unpaired) electrons.